The smallest absolute Gasteiger partial charge is 0.327 e. The molecule has 0 radical (unpaired) electrons. The molecule has 38 heavy (non-hydrogen) atoms. The van der Waals surface area contributed by atoms with Crippen LogP contribution in [-0.2, 0) is 14.1 Å². The number of H-pyrrole nitrogens is 1. The monoisotopic (exact) mass is 544 g/mol. The third-order valence-electron chi connectivity index (χ3n) is 5.89. The maximum atomic E-state index is 12.4. The molecule has 0 aliphatic carbocycles. The molecule has 8 N–H and O–H groups in total. The van der Waals surface area contributed by atoms with Crippen molar-refractivity contribution in [2.45, 2.75) is 24.9 Å². The van der Waals surface area contributed by atoms with E-state index in [-0.39, 0.29) is 24.8 Å². The second-order valence-corrected chi connectivity index (χ2v) is 9.07. The Bertz CT molecular complexity index is 1460. The Labute approximate surface area is 216 Å². The molecule has 5 rings (SSSR count). The van der Waals surface area contributed by atoms with Crippen LogP contribution < -0.4 is 16.4 Å². The fourth-order valence-electron chi connectivity index (χ4n) is 4.15. The molecule has 16 nitrogen and oxygen atoms in total. The SMILES string of the molecule is Nc1ncnc2c1c(/C=C/C(=O)NCCNc1ncnc3nc[nH]c13)cn2C1C[C@@H](O)C(COP(O)O)O1. The zero-order chi connectivity index (χ0) is 26.6. The second kappa shape index (κ2) is 11.3. The number of hydrogen-bond acceptors (Lipinski definition) is 13. The van der Waals surface area contributed by atoms with Crippen LogP contribution in [0.2, 0.25) is 0 Å². The van der Waals surface area contributed by atoms with Gasteiger partial charge in [-0.1, -0.05) is 0 Å². The topological polar surface area (TPSA) is 231 Å². The number of aliphatic hydroxyl groups excluding tert-OH is 1. The van der Waals surface area contributed by atoms with E-state index in [2.05, 4.69) is 40.5 Å². The second-order valence-electron chi connectivity index (χ2n) is 8.30. The number of carbonyl (C=O) groups excluding carboxylic acids is 1. The molecule has 4 aromatic rings. The number of nitrogens with two attached hydrogens (primary N) is 1. The number of fused-ring (bicyclic) bond motifs is 2. The lowest BCUT2D eigenvalue weighted by atomic mass is 10.2. The number of nitrogens with zero attached hydrogens (tertiary/aromatic N) is 6. The zero-order valence-electron chi connectivity index (χ0n) is 19.8. The van der Waals surface area contributed by atoms with E-state index < -0.39 is 27.0 Å². The summed E-state index contributed by atoms with van der Waals surface area (Å²) in [5.74, 6) is 0.478. The molecular weight excluding hydrogens is 519 g/mol. The molecule has 200 valence electrons. The van der Waals surface area contributed by atoms with Gasteiger partial charge in [0.05, 0.1) is 24.4 Å². The van der Waals surface area contributed by atoms with Crippen LogP contribution in [0.3, 0.4) is 0 Å². The fraction of sp³-hybridized carbons (Fsp3) is 0.333. The average Bonchev–Trinajstić information content (AvgIpc) is 3.61. The standard InChI is InChI=1S/C21H25N10O6P/c22-18-16-11(1-2-14(33)23-3-4-24-19-17-20(27-8-25-17)29-10-28-19)6-31(21(16)30-9-26-18)15-5-12(32)13(37-15)7-36-38(34)35/h1-2,6,8-10,12-13,15,32,34-35H,3-5,7H2,(H,23,33)(H2,22,26,30)(H2,24,25,27,28,29)/b2-1+/t12-,13?,15?/m1/s1. The number of nitrogen functional groups attached to an aromatic ring is 1. The van der Waals surface area contributed by atoms with Crippen LogP contribution in [0.15, 0.2) is 31.3 Å². The van der Waals surface area contributed by atoms with E-state index in [9.17, 15) is 9.90 Å². The number of aliphatic hydroxyl groups is 1. The molecule has 0 bridgehead atoms. The molecule has 3 atom stereocenters. The van der Waals surface area contributed by atoms with Gasteiger partial charge in [-0.25, -0.2) is 24.9 Å². The van der Waals surface area contributed by atoms with Crippen LogP contribution in [0, 0.1) is 0 Å². The van der Waals surface area contributed by atoms with E-state index in [0.717, 1.165) is 0 Å². The summed E-state index contributed by atoms with van der Waals surface area (Å²) in [7, 11) is -2.56. The molecule has 5 heterocycles. The number of aromatic nitrogens is 7. The molecule has 17 heteroatoms. The first-order valence-electron chi connectivity index (χ1n) is 11.5. The van der Waals surface area contributed by atoms with Gasteiger partial charge in [-0.15, -0.1) is 0 Å². The minimum Gasteiger partial charge on any atom is -0.390 e. The maximum absolute atomic E-state index is 12.4. The molecule has 1 amide bonds. The van der Waals surface area contributed by atoms with E-state index >= 15 is 0 Å². The van der Waals surface area contributed by atoms with Gasteiger partial charge in [0.25, 0.3) is 0 Å². The summed E-state index contributed by atoms with van der Waals surface area (Å²) >= 11 is 0. The molecule has 1 aliphatic rings. The lowest BCUT2D eigenvalue weighted by Gasteiger charge is -2.16. The third kappa shape index (κ3) is 5.55. The van der Waals surface area contributed by atoms with Gasteiger partial charge in [-0.3, -0.25) is 4.79 Å². The summed E-state index contributed by atoms with van der Waals surface area (Å²) in [6.45, 7) is 0.570. The van der Waals surface area contributed by atoms with Gasteiger partial charge in [0, 0.05) is 37.3 Å². The summed E-state index contributed by atoms with van der Waals surface area (Å²) in [6.07, 6.45) is 6.86. The number of carbonyl (C=O) groups is 1. The van der Waals surface area contributed by atoms with E-state index in [1.54, 1.807) is 16.8 Å². The predicted octanol–water partition coefficient (Wildman–Crippen LogP) is -0.202. The van der Waals surface area contributed by atoms with Crippen molar-refractivity contribution in [3.05, 3.63) is 36.8 Å². The minimum absolute atomic E-state index is 0.182. The van der Waals surface area contributed by atoms with Crippen LogP contribution in [0.4, 0.5) is 11.6 Å². The van der Waals surface area contributed by atoms with E-state index in [1.807, 2.05) is 0 Å². The van der Waals surface area contributed by atoms with Gasteiger partial charge in [-0.2, -0.15) is 0 Å². The fourth-order valence-corrected chi connectivity index (χ4v) is 4.43. The first-order valence-corrected chi connectivity index (χ1v) is 12.7. The van der Waals surface area contributed by atoms with Gasteiger partial charge in [0.1, 0.15) is 42.0 Å². The van der Waals surface area contributed by atoms with E-state index in [4.69, 9.17) is 24.8 Å². The number of anilines is 2. The average molecular weight is 544 g/mol. The Balaban J connectivity index is 1.23. The van der Waals surface area contributed by atoms with Crippen molar-refractivity contribution in [1.82, 2.24) is 39.8 Å². The third-order valence-corrected chi connectivity index (χ3v) is 6.27. The quantitative estimate of drug-likeness (QED) is 0.0779. The number of amides is 1. The van der Waals surface area contributed by atoms with Crippen LogP contribution in [0.1, 0.15) is 18.2 Å². The van der Waals surface area contributed by atoms with Gasteiger partial charge in [0.15, 0.2) is 11.5 Å². The van der Waals surface area contributed by atoms with Crippen molar-refractivity contribution in [3.63, 3.8) is 0 Å². The summed E-state index contributed by atoms with van der Waals surface area (Å²) < 4.78 is 12.4. The zero-order valence-corrected chi connectivity index (χ0v) is 20.7. The van der Waals surface area contributed by atoms with Crippen molar-refractivity contribution in [2.75, 3.05) is 30.7 Å². The largest absolute Gasteiger partial charge is 0.390 e. The Morgan fingerprint density at radius 1 is 1.26 bits per heavy atom. The number of rotatable bonds is 10. The van der Waals surface area contributed by atoms with Crippen molar-refractivity contribution in [3.8, 4) is 0 Å². The maximum Gasteiger partial charge on any atom is 0.327 e. The van der Waals surface area contributed by atoms with Crippen LogP contribution in [-0.4, -0.2) is 87.2 Å². The predicted molar refractivity (Wildman–Crippen MR) is 136 cm³/mol. The summed E-state index contributed by atoms with van der Waals surface area (Å²) in [4.78, 5) is 54.0. The number of hydrogen-bond donors (Lipinski definition) is 7. The van der Waals surface area contributed by atoms with Crippen LogP contribution in [0.5, 0.6) is 0 Å². The summed E-state index contributed by atoms with van der Waals surface area (Å²) in [5, 5.41) is 16.8. The van der Waals surface area contributed by atoms with Crippen molar-refractivity contribution < 1.29 is 28.9 Å². The Hall–Kier alpha value is -3.79. The molecular formula is C21H25N10O6P. The van der Waals surface area contributed by atoms with Crippen molar-refractivity contribution in [2.24, 2.45) is 0 Å². The molecule has 4 aromatic heterocycles. The number of ether oxygens (including phenoxy) is 1. The highest BCUT2D eigenvalue weighted by Gasteiger charge is 2.36. The van der Waals surface area contributed by atoms with Crippen LogP contribution in [0.25, 0.3) is 28.3 Å². The number of imidazole rings is 1. The highest BCUT2D eigenvalue weighted by Crippen LogP contribution is 2.36. The molecule has 1 fully saturated rings. The first-order chi connectivity index (χ1) is 18.4. The summed E-state index contributed by atoms with van der Waals surface area (Å²) in [6, 6.07) is 0. The molecule has 0 saturated carbocycles. The Kier molecular flexibility index (Phi) is 7.69. The minimum atomic E-state index is -2.56. The van der Waals surface area contributed by atoms with E-state index in [1.165, 1.54) is 25.1 Å². The molecule has 2 unspecified atom stereocenters. The highest BCUT2D eigenvalue weighted by atomic mass is 31.2. The Morgan fingerprint density at radius 3 is 2.95 bits per heavy atom. The molecule has 0 aromatic carbocycles. The van der Waals surface area contributed by atoms with Gasteiger partial charge in [-0.05, 0) is 6.08 Å². The molecule has 1 aliphatic heterocycles. The van der Waals surface area contributed by atoms with Gasteiger partial charge >= 0.3 is 8.60 Å². The van der Waals surface area contributed by atoms with Crippen molar-refractivity contribution in [1.29, 1.82) is 0 Å². The lowest BCUT2D eigenvalue weighted by Crippen LogP contribution is -2.27. The van der Waals surface area contributed by atoms with Gasteiger partial charge in [0.2, 0.25) is 5.91 Å². The Morgan fingerprint density at radius 2 is 2.11 bits per heavy atom. The van der Waals surface area contributed by atoms with Crippen LogP contribution >= 0.6 is 8.60 Å². The van der Waals surface area contributed by atoms with Crippen molar-refractivity contribution >= 4 is 54.4 Å². The first kappa shape index (κ1) is 25.8. The number of nitrogens with one attached hydrogen (secondary N) is 3. The molecule has 1 saturated heterocycles. The number of aromatic amines is 1. The van der Waals surface area contributed by atoms with Gasteiger partial charge < -0.3 is 50.1 Å². The van der Waals surface area contributed by atoms with E-state index in [0.29, 0.717) is 46.7 Å². The summed E-state index contributed by atoms with van der Waals surface area (Å²) in [5.41, 5.74) is 8.38. The lowest BCUT2D eigenvalue weighted by molar-refractivity contribution is -0.116. The molecule has 0 spiro atoms. The normalized spacial score (nSPS) is 19.7. The highest BCUT2D eigenvalue weighted by molar-refractivity contribution is 7.39.